The van der Waals surface area contributed by atoms with Crippen LogP contribution < -0.4 is 9.64 Å². The summed E-state index contributed by atoms with van der Waals surface area (Å²) in [6.45, 7) is 6.10. The number of carbonyl (C=O) groups excluding carboxylic acids is 1. The molecule has 2 aliphatic rings. The molecule has 1 amide bonds. The first kappa shape index (κ1) is 26.1. The minimum atomic E-state index is -2.96. The van der Waals surface area contributed by atoms with Gasteiger partial charge in [-0.25, -0.2) is 8.78 Å². The average Bonchev–Trinajstić information content (AvgIpc) is 3.20. The number of anilines is 2. The van der Waals surface area contributed by atoms with Crippen molar-refractivity contribution < 1.29 is 23.0 Å². The molecule has 7 heteroatoms. The Morgan fingerprint density at radius 1 is 0.974 bits per heavy atom. The molecule has 1 saturated heterocycles. The van der Waals surface area contributed by atoms with Crippen molar-refractivity contribution in [3.8, 4) is 5.75 Å². The van der Waals surface area contributed by atoms with Gasteiger partial charge in [0.1, 0.15) is 5.75 Å². The summed E-state index contributed by atoms with van der Waals surface area (Å²) in [5.74, 6) is -2.46. The predicted molar refractivity (Wildman–Crippen MR) is 146 cm³/mol. The summed E-state index contributed by atoms with van der Waals surface area (Å²) >= 11 is 0. The molecule has 0 aliphatic carbocycles. The van der Waals surface area contributed by atoms with E-state index in [9.17, 15) is 13.6 Å². The number of ether oxygens (including phenoxy) is 2. The van der Waals surface area contributed by atoms with E-state index < -0.39 is 5.92 Å². The molecule has 0 spiro atoms. The molecule has 3 aromatic carbocycles. The SMILES string of the molecule is CC(F)(F)c1cccc(/C=C2/C(=O)N(c3cccc(OCCCCN4CCOCC4)c3)c3ccccc32)c1. The third-order valence-electron chi connectivity index (χ3n) is 6.89. The van der Waals surface area contributed by atoms with Crippen molar-refractivity contribution in [2.24, 2.45) is 0 Å². The normalized spacial score (nSPS) is 17.2. The average molecular weight is 519 g/mol. The molecule has 0 bridgehead atoms. The van der Waals surface area contributed by atoms with Crippen molar-refractivity contribution in [3.63, 3.8) is 0 Å². The van der Waals surface area contributed by atoms with Gasteiger partial charge in [-0.1, -0.05) is 42.5 Å². The molecule has 38 heavy (non-hydrogen) atoms. The van der Waals surface area contributed by atoms with Crippen molar-refractivity contribution in [1.82, 2.24) is 4.90 Å². The number of amides is 1. The Bertz CT molecular complexity index is 1310. The fraction of sp³-hybridized carbons (Fsp3) is 0.323. The van der Waals surface area contributed by atoms with Gasteiger partial charge in [0.2, 0.25) is 0 Å². The lowest BCUT2D eigenvalue weighted by atomic mass is 10.0. The molecule has 2 heterocycles. The van der Waals surface area contributed by atoms with Crippen LogP contribution in [0.3, 0.4) is 0 Å². The van der Waals surface area contributed by atoms with Gasteiger partial charge in [0.05, 0.1) is 36.8 Å². The number of nitrogens with zero attached hydrogens (tertiary/aromatic N) is 2. The van der Waals surface area contributed by atoms with Crippen LogP contribution >= 0.6 is 0 Å². The highest BCUT2D eigenvalue weighted by Gasteiger charge is 2.33. The number of para-hydroxylation sites is 1. The fourth-order valence-electron chi connectivity index (χ4n) is 4.87. The van der Waals surface area contributed by atoms with Crippen LogP contribution in [-0.4, -0.2) is 50.3 Å². The van der Waals surface area contributed by atoms with E-state index >= 15 is 0 Å². The highest BCUT2D eigenvalue weighted by atomic mass is 19.3. The first-order chi connectivity index (χ1) is 18.4. The lowest BCUT2D eigenvalue weighted by Gasteiger charge is -2.26. The van der Waals surface area contributed by atoms with Crippen LogP contribution in [0.25, 0.3) is 11.6 Å². The number of unbranched alkanes of at least 4 members (excludes halogenated alkanes) is 1. The highest BCUT2D eigenvalue weighted by Crippen LogP contribution is 2.43. The lowest BCUT2D eigenvalue weighted by molar-refractivity contribution is -0.112. The van der Waals surface area contributed by atoms with Gasteiger partial charge in [0, 0.05) is 37.2 Å². The number of halogens is 2. The minimum absolute atomic E-state index is 0.0859. The van der Waals surface area contributed by atoms with E-state index in [1.54, 1.807) is 23.1 Å². The van der Waals surface area contributed by atoms with E-state index in [-0.39, 0.29) is 11.5 Å². The van der Waals surface area contributed by atoms with Gasteiger partial charge in [0.25, 0.3) is 11.8 Å². The van der Waals surface area contributed by atoms with Crippen molar-refractivity contribution >= 4 is 28.9 Å². The van der Waals surface area contributed by atoms with E-state index in [4.69, 9.17) is 9.47 Å². The molecule has 5 rings (SSSR count). The summed E-state index contributed by atoms with van der Waals surface area (Å²) in [7, 11) is 0. The third-order valence-corrected chi connectivity index (χ3v) is 6.89. The van der Waals surface area contributed by atoms with Gasteiger partial charge in [-0.3, -0.25) is 14.6 Å². The van der Waals surface area contributed by atoms with Gasteiger partial charge in [-0.05, 0) is 55.3 Å². The first-order valence-electron chi connectivity index (χ1n) is 13.1. The van der Waals surface area contributed by atoms with Crippen LogP contribution in [0.1, 0.15) is 36.5 Å². The van der Waals surface area contributed by atoms with E-state index in [0.29, 0.717) is 29.2 Å². The molecule has 5 nitrogen and oxygen atoms in total. The summed E-state index contributed by atoms with van der Waals surface area (Å²) < 4.78 is 39.2. The monoisotopic (exact) mass is 518 g/mol. The van der Waals surface area contributed by atoms with Crippen LogP contribution in [0.15, 0.2) is 72.8 Å². The molecular weight excluding hydrogens is 486 g/mol. The zero-order chi connectivity index (χ0) is 26.5. The number of rotatable bonds is 9. The van der Waals surface area contributed by atoms with Crippen molar-refractivity contribution in [3.05, 3.63) is 89.5 Å². The van der Waals surface area contributed by atoms with E-state index in [2.05, 4.69) is 4.90 Å². The van der Waals surface area contributed by atoms with Gasteiger partial charge < -0.3 is 9.47 Å². The Hall–Kier alpha value is -3.55. The predicted octanol–water partition coefficient (Wildman–Crippen LogP) is 6.51. The molecule has 198 valence electrons. The maximum atomic E-state index is 13.9. The zero-order valence-electron chi connectivity index (χ0n) is 21.5. The second-order valence-electron chi connectivity index (χ2n) is 9.74. The minimum Gasteiger partial charge on any atom is -0.494 e. The largest absolute Gasteiger partial charge is 0.494 e. The maximum absolute atomic E-state index is 13.9. The van der Waals surface area contributed by atoms with Crippen LogP contribution in [0.4, 0.5) is 20.2 Å². The number of hydrogen-bond acceptors (Lipinski definition) is 4. The molecule has 2 aliphatic heterocycles. The summed E-state index contributed by atoms with van der Waals surface area (Å²) in [5.41, 5.74) is 3.15. The number of fused-ring (bicyclic) bond motifs is 1. The molecule has 0 N–H and O–H groups in total. The summed E-state index contributed by atoms with van der Waals surface area (Å²) in [5, 5.41) is 0. The number of benzene rings is 3. The Balaban J connectivity index is 1.31. The van der Waals surface area contributed by atoms with Gasteiger partial charge in [-0.15, -0.1) is 0 Å². The Morgan fingerprint density at radius 2 is 1.76 bits per heavy atom. The number of carbonyl (C=O) groups is 1. The van der Waals surface area contributed by atoms with Gasteiger partial charge >= 0.3 is 0 Å². The standard InChI is InChI=1S/C31H32F2N2O3/c1-31(32,33)24-9-6-8-23(20-24)21-28-27-12-2-3-13-29(27)35(30(28)36)25-10-7-11-26(22-25)38-17-5-4-14-34-15-18-37-19-16-34/h2-3,6-13,20-22H,4-5,14-19H2,1H3/b28-21+. The second-order valence-corrected chi connectivity index (χ2v) is 9.74. The molecular formula is C31H32F2N2O3. The molecule has 0 unspecified atom stereocenters. The molecule has 0 aromatic heterocycles. The molecule has 3 aromatic rings. The summed E-state index contributed by atoms with van der Waals surface area (Å²) in [6, 6.07) is 21.2. The van der Waals surface area contributed by atoms with Crippen LogP contribution in [0.2, 0.25) is 0 Å². The number of hydrogen-bond donors (Lipinski definition) is 0. The Kier molecular flexibility index (Phi) is 7.86. The van der Waals surface area contributed by atoms with Crippen molar-refractivity contribution in [1.29, 1.82) is 0 Å². The fourth-order valence-corrected chi connectivity index (χ4v) is 4.87. The summed E-state index contributed by atoms with van der Waals surface area (Å²) in [4.78, 5) is 17.7. The molecule has 1 fully saturated rings. The zero-order valence-corrected chi connectivity index (χ0v) is 21.5. The van der Waals surface area contributed by atoms with Crippen molar-refractivity contribution in [2.75, 3.05) is 44.4 Å². The maximum Gasteiger partial charge on any atom is 0.270 e. The summed E-state index contributed by atoms with van der Waals surface area (Å²) in [6.07, 6.45) is 3.68. The first-order valence-corrected chi connectivity index (χ1v) is 13.1. The Labute approximate surface area is 222 Å². The van der Waals surface area contributed by atoms with Gasteiger partial charge in [0.15, 0.2) is 0 Å². The van der Waals surface area contributed by atoms with Gasteiger partial charge in [-0.2, -0.15) is 0 Å². The lowest BCUT2D eigenvalue weighted by Crippen LogP contribution is -2.36. The molecule has 0 atom stereocenters. The van der Waals surface area contributed by atoms with Crippen LogP contribution in [0, 0.1) is 0 Å². The van der Waals surface area contributed by atoms with E-state index in [1.807, 2.05) is 48.5 Å². The second kappa shape index (κ2) is 11.5. The van der Waals surface area contributed by atoms with E-state index in [0.717, 1.165) is 63.9 Å². The highest BCUT2D eigenvalue weighted by molar-refractivity contribution is 6.38. The third kappa shape index (κ3) is 5.95. The van der Waals surface area contributed by atoms with Crippen molar-refractivity contribution in [2.45, 2.75) is 25.7 Å². The molecule has 0 saturated carbocycles. The number of alkyl halides is 2. The number of morpholine rings is 1. The van der Waals surface area contributed by atoms with Crippen LogP contribution in [-0.2, 0) is 15.5 Å². The van der Waals surface area contributed by atoms with E-state index in [1.165, 1.54) is 12.1 Å². The van der Waals surface area contributed by atoms with Crippen LogP contribution in [0.5, 0.6) is 5.75 Å². The quantitative estimate of drug-likeness (QED) is 0.239. The smallest absolute Gasteiger partial charge is 0.270 e. The molecule has 0 radical (unpaired) electrons. The topological polar surface area (TPSA) is 42.0 Å². The Morgan fingerprint density at radius 3 is 2.58 bits per heavy atom.